The van der Waals surface area contributed by atoms with Gasteiger partial charge in [0.15, 0.2) is 0 Å². The van der Waals surface area contributed by atoms with Gasteiger partial charge in [-0.15, -0.1) is 0 Å². The van der Waals surface area contributed by atoms with Crippen molar-refractivity contribution in [1.82, 2.24) is 0 Å². The van der Waals surface area contributed by atoms with Crippen molar-refractivity contribution in [2.75, 3.05) is 17.7 Å². The standard InChI is InChI=1S/C19H22N2O3/c1-12-5-8-17(24-4)16(9-12)21-19(23)11-18(22)20-15-7-6-13(2)14(3)10-15/h5-10H,11H2,1-4H3,(H,20,22)(H,21,23). The summed E-state index contributed by atoms with van der Waals surface area (Å²) in [6, 6.07) is 11.1. The molecule has 2 amide bonds. The second kappa shape index (κ2) is 7.64. The Hall–Kier alpha value is -2.82. The molecule has 5 nitrogen and oxygen atoms in total. The molecule has 2 aromatic carbocycles. The van der Waals surface area contributed by atoms with E-state index in [4.69, 9.17) is 4.74 Å². The lowest BCUT2D eigenvalue weighted by Gasteiger charge is -2.11. The minimum Gasteiger partial charge on any atom is -0.495 e. The number of hydrogen-bond donors (Lipinski definition) is 2. The average Bonchev–Trinajstić information content (AvgIpc) is 2.51. The van der Waals surface area contributed by atoms with Crippen LogP contribution in [-0.4, -0.2) is 18.9 Å². The lowest BCUT2D eigenvalue weighted by atomic mass is 10.1. The zero-order valence-electron chi connectivity index (χ0n) is 14.4. The fourth-order valence-electron chi connectivity index (χ4n) is 2.28. The Morgan fingerprint density at radius 2 is 1.62 bits per heavy atom. The second-order valence-corrected chi connectivity index (χ2v) is 5.78. The van der Waals surface area contributed by atoms with Crippen LogP contribution in [-0.2, 0) is 9.59 Å². The van der Waals surface area contributed by atoms with E-state index >= 15 is 0 Å². The van der Waals surface area contributed by atoms with E-state index in [1.165, 1.54) is 7.11 Å². The summed E-state index contributed by atoms with van der Waals surface area (Å²) in [6.45, 7) is 5.90. The van der Waals surface area contributed by atoms with Crippen LogP contribution < -0.4 is 15.4 Å². The van der Waals surface area contributed by atoms with E-state index in [0.717, 1.165) is 16.7 Å². The number of benzene rings is 2. The first-order valence-electron chi connectivity index (χ1n) is 7.70. The number of anilines is 2. The van der Waals surface area contributed by atoms with Crippen LogP contribution in [0.1, 0.15) is 23.1 Å². The SMILES string of the molecule is COc1ccc(C)cc1NC(=O)CC(=O)Nc1ccc(C)c(C)c1. The van der Waals surface area contributed by atoms with Gasteiger partial charge in [-0.1, -0.05) is 12.1 Å². The van der Waals surface area contributed by atoms with E-state index in [0.29, 0.717) is 17.1 Å². The van der Waals surface area contributed by atoms with Gasteiger partial charge in [-0.3, -0.25) is 9.59 Å². The molecule has 0 aromatic heterocycles. The maximum Gasteiger partial charge on any atom is 0.233 e. The smallest absolute Gasteiger partial charge is 0.233 e. The number of aryl methyl sites for hydroxylation is 3. The molecule has 0 aliphatic carbocycles. The van der Waals surface area contributed by atoms with Gasteiger partial charge in [-0.2, -0.15) is 0 Å². The highest BCUT2D eigenvalue weighted by Gasteiger charge is 2.13. The van der Waals surface area contributed by atoms with Crippen LogP contribution in [0.15, 0.2) is 36.4 Å². The Labute approximate surface area is 142 Å². The van der Waals surface area contributed by atoms with E-state index < -0.39 is 0 Å². The molecular formula is C19H22N2O3. The number of carbonyl (C=O) groups excluding carboxylic acids is 2. The summed E-state index contributed by atoms with van der Waals surface area (Å²) >= 11 is 0. The summed E-state index contributed by atoms with van der Waals surface area (Å²) in [6.07, 6.45) is -0.260. The number of ether oxygens (including phenoxy) is 1. The number of carbonyl (C=O) groups is 2. The Kier molecular flexibility index (Phi) is 5.58. The normalized spacial score (nSPS) is 10.2. The maximum atomic E-state index is 12.1. The molecular weight excluding hydrogens is 304 g/mol. The van der Waals surface area contributed by atoms with E-state index in [2.05, 4.69) is 10.6 Å². The van der Waals surface area contributed by atoms with Gasteiger partial charge in [0.25, 0.3) is 0 Å². The van der Waals surface area contributed by atoms with Crippen molar-refractivity contribution in [2.24, 2.45) is 0 Å². The lowest BCUT2D eigenvalue weighted by molar-refractivity contribution is -0.123. The predicted octanol–water partition coefficient (Wildman–Crippen LogP) is 3.59. The van der Waals surface area contributed by atoms with Crippen LogP contribution in [0.3, 0.4) is 0 Å². The van der Waals surface area contributed by atoms with E-state index in [-0.39, 0.29) is 18.2 Å². The molecule has 2 rings (SSSR count). The molecule has 0 aliphatic heterocycles. The van der Waals surface area contributed by atoms with Crippen LogP contribution in [0.25, 0.3) is 0 Å². The number of rotatable bonds is 5. The third kappa shape index (κ3) is 4.59. The molecule has 126 valence electrons. The molecule has 5 heteroatoms. The highest BCUT2D eigenvalue weighted by molar-refractivity contribution is 6.08. The van der Waals surface area contributed by atoms with Gasteiger partial charge in [0.05, 0.1) is 12.8 Å². The number of amides is 2. The third-order valence-corrected chi connectivity index (χ3v) is 3.74. The molecule has 0 unspecified atom stereocenters. The summed E-state index contributed by atoms with van der Waals surface area (Å²) in [7, 11) is 1.53. The predicted molar refractivity (Wildman–Crippen MR) is 95.5 cm³/mol. The molecule has 2 aromatic rings. The van der Waals surface area contributed by atoms with Crippen LogP contribution >= 0.6 is 0 Å². The quantitative estimate of drug-likeness (QED) is 0.825. The van der Waals surface area contributed by atoms with Gasteiger partial charge < -0.3 is 15.4 Å². The molecule has 0 saturated carbocycles. The van der Waals surface area contributed by atoms with Crippen molar-refractivity contribution in [3.63, 3.8) is 0 Å². The molecule has 0 fully saturated rings. The van der Waals surface area contributed by atoms with Gasteiger partial charge >= 0.3 is 0 Å². The lowest BCUT2D eigenvalue weighted by Crippen LogP contribution is -2.21. The summed E-state index contributed by atoms with van der Waals surface area (Å²) < 4.78 is 5.21. The molecule has 0 atom stereocenters. The minimum atomic E-state index is -0.389. The molecule has 0 bridgehead atoms. The molecule has 0 saturated heterocycles. The fourth-order valence-corrected chi connectivity index (χ4v) is 2.28. The molecule has 0 radical (unpaired) electrons. The molecule has 2 N–H and O–H groups in total. The maximum absolute atomic E-state index is 12.1. The highest BCUT2D eigenvalue weighted by atomic mass is 16.5. The van der Waals surface area contributed by atoms with Gasteiger partial charge in [-0.05, 0) is 61.7 Å². The topological polar surface area (TPSA) is 67.4 Å². The van der Waals surface area contributed by atoms with Gasteiger partial charge in [0, 0.05) is 5.69 Å². The first-order valence-corrected chi connectivity index (χ1v) is 7.70. The fraction of sp³-hybridized carbons (Fsp3) is 0.263. The largest absolute Gasteiger partial charge is 0.495 e. The number of methoxy groups -OCH3 is 1. The van der Waals surface area contributed by atoms with Crippen LogP contribution in [0, 0.1) is 20.8 Å². The molecule has 0 aliphatic rings. The Morgan fingerprint density at radius 3 is 2.29 bits per heavy atom. The summed E-state index contributed by atoms with van der Waals surface area (Å²) in [5, 5.41) is 5.45. The molecule has 0 heterocycles. The van der Waals surface area contributed by atoms with Crippen LogP contribution in [0.5, 0.6) is 5.75 Å². The second-order valence-electron chi connectivity index (χ2n) is 5.78. The van der Waals surface area contributed by atoms with Gasteiger partial charge in [0.2, 0.25) is 11.8 Å². The van der Waals surface area contributed by atoms with Crippen molar-refractivity contribution in [1.29, 1.82) is 0 Å². The van der Waals surface area contributed by atoms with Gasteiger partial charge in [0.1, 0.15) is 12.2 Å². The zero-order valence-corrected chi connectivity index (χ0v) is 14.4. The first-order chi connectivity index (χ1) is 11.4. The average molecular weight is 326 g/mol. The Balaban J connectivity index is 1.98. The van der Waals surface area contributed by atoms with E-state index in [9.17, 15) is 9.59 Å². The van der Waals surface area contributed by atoms with E-state index in [1.807, 2.05) is 45.0 Å². The third-order valence-electron chi connectivity index (χ3n) is 3.74. The molecule has 24 heavy (non-hydrogen) atoms. The first kappa shape index (κ1) is 17.5. The summed E-state index contributed by atoms with van der Waals surface area (Å²) in [5.41, 5.74) is 4.47. The minimum absolute atomic E-state index is 0.260. The highest BCUT2D eigenvalue weighted by Crippen LogP contribution is 2.25. The molecule has 0 spiro atoms. The Morgan fingerprint density at radius 1 is 0.917 bits per heavy atom. The van der Waals surface area contributed by atoms with Gasteiger partial charge in [-0.25, -0.2) is 0 Å². The van der Waals surface area contributed by atoms with Crippen molar-refractivity contribution in [3.8, 4) is 5.75 Å². The summed E-state index contributed by atoms with van der Waals surface area (Å²) in [4.78, 5) is 24.1. The van der Waals surface area contributed by atoms with Crippen molar-refractivity contribution in [2.45, 2.75) is 27.2 Å². The zero-order chi connectivity index (χ0) is 17.7. The van der Waals surface area contributed by atoms with E-state index in [1.54, 1.807) is 12.1 Å². The number of hydrogen-bond acceptors (Lipinski definition) is 3. The summed E-state index contributed by atoms with van der Waals surface area (Å²) in [5.74, 6) is -0.189. The monoisotopic (exact) mass is 326 g/mol. The van der Waals surface area contributed by atoms with Crippen molar-refractivity contribution >= 4 is 23.2 Å². The van der Waals surface area contributed by atoms with Crippen molar-refractivity contribution < 1.29 is 14.3 Å². The van der Waals surface area contributed by atoms with Crippen LogP contribution in [0.2, 0.25) is 0 Å². The van der Waals surface area contributed by atoms with Crippen molar-refractivity contribution in [3.05, 3.63) is 53.1 Å². The Bertz CT molecular complexity index is 769. The number of nitrogens with one attached hydrogen (secondary N) is 2. The van der Waals surface area contributed by atoms with Crippen LogP contribution in [0.4, 0.5) is 11.4 Å².